The van der Waals surface area contributed by atoms with E-state index in [2.05, 4.69) is 52.4 Å². The van der Waals surface area contributed by atoms with Crippen molar-refractivity contribution in [2.75, 3.05) is 45.8 Å². The van der Waals surface area contributed by atoms with Gasteiger partial charge in [0.15, 0.2) is 0 Å². The van der Waals surface area contributed by atoms with Gasteiger partial charge in [-0.05, 0) is 38.0 Å². The Labute approximate surface area is 130 Å². The largest absolute Gasteiger partial charge is 0.317 e. The van der Waals surface area contributed by atoms with E-state index in [1.807, 2.05) is 0 Å². The molecule has 3 heteroatoms. The van der Waals surface area contributed by atoms with E-state index in [1.165, 1.54) is 64.1 Å². The second-order valence-electron chi connectivity index (χ2n) is 6.02. The molecule has 2 rings (SSSR count). The lowest BCUT2D eigenvalue weighted by atomic mass is 10.2. The highest BCUT2D eigenvalue weighted by molar-refractivity contribution is 5.14. The molecule has 1 N–H and O–H groups in total. The fourth-order valence-corrected chi connectivity index (χ4v) is 2.95. The highest BCUT2D eigenvalue weighted by Gasteiger charge is 2.16. The third kappa shape index (κ3) is 6.60. The third-order valence-electron chi connectivity index (χ3n) is 4.29. The quantitative estimate of drug-likeness (QED) is 0.705. The van der Waals surface area contributed by atoms with Crippen molar-refractivity contribution in [2.24, 2.45) is 0 Å². The molecule has 0 saturated carbocycles. The maximum absolute atomic E-state index is 3.40. The highest BCUT2D eigenvalue weighted by atomic mass is 15.3. The van der Waals surface area contributed by atoms with Crippen molar-refractivity contribution in [3.05, 3.63) is 35.9 Å². The summed E-state index contributed by atoms with van der Waals surface area (Å²) in [6.07, 6.45) is 4.03. The van der Waals surface area contributed by atoms with Crippen LogP contribution in [0.15, 0.2) is 30.3 Å². The average Bonchev–Trinajstić information content (AvgIpc) is 2.53. The molecule has 1 heterocycles. The Hall–Kier alpha value is -0.900. The third-order valence-corrected chi connectivity index (χ3v) is 4.29. The Morgan fingerprint density at radius 2 is 1.62 bits per heavy atom. The molecule has 0 radical (unpaired) electrons. The van der Waals surface area contributed by atoms with Crippen LogP contribution in [-0.4, -0.2) is 55.6 Å². The summed E-state index contributed by atoms with van der Waals surface area (Å²) in [7, 11) is 0. The number of piperazine rings is 1. The molecule has 1 aliphatic rings. The molecule has 0 aliphatic carbocycles. The van der Waals surface area contributed by atoms with Crippen LogP contribution in [0.5, 0.6) is 0 Å². The highest BCUT2D eigenvalue weighted by Crippen LogP contribution is 2.09. The number of unbranched alkanes of at least 4 members (excludes halogenated alkanes) is 2. The van der Waals surface area contributed by atoms with E-state index in [4.69, 9.17) is 0 Å². The van der Waals surface area contributed by atoms with Gasteiger partial charge >= 0.3 is 0 Å². The molecule has 1 aliphatic heterocycles. The Kier molecular flexibility index (Phi) is 7.79. The van der Waals surface area contributed by atoms with Gasteiger partial charge in [-0.15, -0.1) is 0 Å². The Balaban J connectivity index is 1.54. The fourth-order valence-electron chi connectivity index (χ4n) is 2.95. The second-order valence-corrected chi connectivity index (χ2v) is 6.02. The van der Waals surface area contributed by atoms with Crippen LogP contribution < -0.4 is 5.32 Å². The lowest BCUT2D eigenvalue weighted by Gasteiger charge is -2.34. The monoisotopic (exact) mass is 289 g/mol. The lowest BCUT2D eigenvalue weighted by molar-refractivity contribution is 0.125. The molecular formula is C18H31N3. The molecule has 0 spiro atoms. The van der Waals surface area contributed by atoms with E-state index >= 15 is 0 Å². The Bertz CT molecular complexity index is 358. The van der Waals surface area contributed by atoms with E-state index in [0.29, 0.717) is 0 Å². The maximum Gasteiger partial charge on any atom is 0.0234 e. The molecule has 1 fully saturated rings. The standard InChI is InChI=1S/C18H31N3/c1-2-19-11-7-4-8-12-20-13-15-21(16-14-20)17-18-9-5-3-6-10-18/h3,5-6,9-10,19H,2,4,7-8,11-17H2,1H3. The molecule has 118 valence electrons. The first-order valence-electron chi connectivity index (χ1n) is 8.58. The van der Waals surface area contributed by atoms with E-state index in [0.717, 1.165) is 13.1 Å². The minimum absolute atomic E-state index is 1.10. The molecular weight excluding hydrogens is 258 g/mol. The zero-order valence-corrected chi connectivity index (χ0v) is 13.6. The molecule has 0 aromatic heterocycles. The Morgan fingerprint density at radius 1 is 0.905 bits per heavy atom. The van der Waals surface area contributed by atoms with Crippen LogP contribution in [0.3, 0.4) is 0 Å². The fraction of sp³-hybridized carbons (Fsp3) is 0.667. The summed E-state index contributed by atoms with van der Waals surface area (Å²) in [6, 6.07) is 10.8. The summed E-state index contributed by atoms with van der Waals surface area (Å²) in [4.78, 5) is 5.21. The number of benzene rings is 1. The van der Waals surface area contributed by atoms with Crippen molar-refractivity contribution in [1.82, 2.24) is 15.1 Å². The van der Waals surface area contributed by atoms with Crippen LogP contribution in [0.25, 0.3) is 0 Å². The van der Waals surface area contributed by atoms with Gasteiger partial charge in [-0.1, -0.05) is 43.7 Å². The van der Waals surface area contributed by atoms with Gasteiger partial charge in [-0.2, -0.15) is 0 Å². The summed E-state index contributed by atoms with van der Waals surface area (Å²) >= 11 is 0. The minimum atomic E-state index is 1.10. The first-order chi connectivity index (χ1) is 10.4. The van der Waals surface area contributed by atoms with Crippen molar-refractivity contribution >= 4 is 0 Å². The summed E-state index contributed by atoms with van der Waals surface area (Å²) in [5.74, 6) is 0. The number of hydrogen-bond acceptors (Lipinski definition) is 3. The van der Waals surface area contributed by atoms with Gasteiger partial charge in [-0.25, -0.2) is 0 Å². The van der Waals surface area contributed by atoms with E-state index < -0.39 is 0 Å². The number of hydrogen-bond donors (Lipinski definition) is 1. The zero-order chi connectivity index (χ0) is 14.8. The molecule has 1 aromatic rings. The first kappa shape index (κ1) is 16.5. The van der Waals surface area contributed by atoms with Gasteiger partial charge < -0.3 is 10.2 Å². The van der Waals surface area contributed by atoms with Crippen molar-refractivity contribution in [3.63, 3.8) is 0 Å². The van der Waals surface area contributed by atoms with Crippen molar-refractivity contribution < 1.29 is 0 Å². The van der Waals surface area contributed by atoms with Crippen LogP contribution in [-0.2, 0) is 6.54 Å². The van der Waals surface area contributed by atoms with Crippen LogP contribution in [0.2, 0.25) is 0 Å². The molecule has 0 bridgehead atoms. The van der Waals surface area contributed by atoms with Gasteiger partial charge in [0.05, 0.1) is 0 Å². The average molecular weight is 289 g/mol. The van der Waals surface area contributed by atoms with Gasteiger partial charge in [0.25, 0.3) is 0 Å². The minimum Gasteiger partial charge on any atom is -0.317 e. The van der Waals surface area contributed by atoms with Crippen molar-refractivity contribution in [2.45, 2.75) is 32.7 Å². The first-order valence-corrected chi connectivity index (χ1v) is 8.58. The summed E-state index contributed by atoms with van der Waals surface area (Å²) in [5, 5.41) is 3.40. The van der Waals surface area contributed by atoms with Crippen LogP contribution in [0.1, 0.15) is 31.7 Å². The summed E-state index contributed by atoms with van der Waals surface area (Å²) in [6.45, 7) is 11.8. The molecule has 0 unspecified atom stereocenters. The lowest BCUT2D eigenvalue weighted by Crippen LogP contribution is -2.46. The van der Waals surface area contributed by atoms with Gasteiger partial charge in [0.2, 0.25) is 0 Å². The summed E-state index contributed by atoms with van der Waals surface area (Å²) in [5.41, 5.74) is 1.44. The van der Waals surface area contributed by atoms with Crippen LogP contribution in [0, 0.1) is 0 Å². The van der Waals surface area contributed by atoms with Gasteiger partial charge in [0, 0.05) is 32.7 Å². The normalized spacial score (nSPS) is 17.2. The molecule has 0 atom stereocenters. The molecule has 0 amide bonds. The topological polar surface area (TPSA) is 18.5 Å². The Morgan fingerprint density at radius 3 is 2.33 bits per heavy atom. The number of nitrogens with one attached hydrogen (secondary N) is 1. The molecule has 1 aromatic carbocycles. The maximum atomic E-state index is 3.40. The smallest absolute Gasteiger partial charge is 0.0234 e. The summed E-state index contributed by atoms with van der Waals surface area (Å²) < 4.78 is 0. The van der Waals surface area contributed by atoms with E-state index in [9.17, 15) is 0 Å². The van der Waals surface area contributed by atoms with Crippen LogP contribution in [0.4, 0.5) is 0 Å². The van der Waals surface area contributed by atoms with Crippen LogP contribution >= 0.6 is 0 Å². The SMILES string of the molecule is CCNCCCCCN1CCN(Cc2ccccc2)CC1. The van der Waals surface area contributed by atoms with Gasteiger partial charge in [0.1, 0.15) is 0 Å². The predicted octanol–water partition coefficient (Wildman–Crippen LogP) is 2.58. The molecule has 3 nitrogen and oxygen atoms in total. The predicted molar refractivity (Wildman–Crippen MR) is 90.6 cm³/mol. The molecule has 21 heavy (non-hydrogen) atoms. The van der Waals surface area contributed by atoms with Crippen molar-refractivity contribution in [1.29, 1.82) is 0 Å². The van der Waals surface area contributed by atoms with Gasteiger partial charge in [-0.3, -0.25) is 4.90 Å². The number of nitrogens with zero attached hydrogens (tertiary/aromatic N) is 2. The second kappa shape index (κ2) is 9.93. The van der Waals surface area contributed by atoms with Crippen molar-refractivity contribution in [3.8, 4) is 0 Å². The zero-order valence-electron chi connectivity index (χ0n) is 13.6. The molecule has 1 saturated heterocycles. The van der Waals surface area contributed by atoms with E-state index in [1.54, 1.807) is 0 Å². The van der Waals surface area contributed by atoms with E-state index in [-0.39, 0.29) is 0 Å². The number of rotatable bonds is 9.